The number of halogens is 1. The van der Waals surface area contributed by atoms with Crippen LogP contribution in [0.1, 0.15) is 11.1 Å². The quantitative estimate of drug-likeness (QED) is 0.498. The van der Waals surface area contributed by atoms with Gasteiger partial charge in [-0.2, -0.15) is 0 Å². The van der Waals surface area contributed by atoms with Crippen LogP contribution in [0.5, 0.6) is 0 Å². The van der Waals surface area contributed by atoms with Crippen LogP contribution < -0.4 is 5.73 Å². The first kappa shape index (κ1) is 16.2. The third-order valence-electron chi connectivity index (χ3n) is 3.13. The highest BCUT2D eigenvalue weighted by molar-refractivity contribution is 14.0. The molecular weight excluding hydrogens is 353 g/mol. The fourth-order valence-electron chi connectivity index (χ4n) is 1.95. The van der Waals surface area contributed by atoms with Crippen molar-refractivity contribution in [1.82, 2.24) is 4.90 Å². The number of aryl methyl sites for hydroxylation is 1. The zero-order valence-corrected chi connectivity index (χ0v) is 13.7. The number of benzene rings is 1. The maximum absolute atomic E-state index is 5.96. The minimum Gasteiger partial charge on any atom is -0.378 e. The highest BCUT2D eigenvalue weighted by Gasteiger charge is 2.11. The van der Waals surface area contributed by atoms with E-state index in [0.717, 1.165) is 39.3 Å². The number of guanidine groups is 1. The van der Waals surface area contributed by atoms with E-state index in [1.165, 1.54) is 11.1 Å². The number of nitrogens with two attached hydrogens (primary N) is 1. The average molecular weight is 375 g/mol. The van der Waals surface area contributed by atoms with Crippen LogP contribution in [0.15, 0.2) is 29.3 Å². The topological polar surface area (TPSA) is 50.8 Å². The van der Waals surface area contributed by atoms with Gasteiger partial charge in [0.25, 0.3) is 0 Å². The summed E-state index contributed by atoms with van der Waals surface area (Å²) < 4.78 is 5.28. The van der Waals surface area contributed by atoms with Crippen molar-refractivity contribution in [3.05, 3.63) is 35.4 Å². The van der Waals surface area contributed by atoms with Crippen LogP contribution in [-0.2, 0) is 11.2 Å². The summed E-state index contributed by atoms with van der Waals surface area (Å²) in [6.07, 6.45) is 0.936. The molecule has 0 aromatic heterocycles. The molecule has 5 heteroatoms. The van der Waals surface area contributed by atoms with E-state index in [1.54, 1.807) is 0 Å². The van der Waals surface area contributed by atoms with Crippen molar-refractivity contribution in [2.75, 3.05) is 32.8 Å². The Hall–Kier alpha value is -0.820. The summed E-state index contributed by atoms with van der Waals surface area (Å²) in [6.45, 7) is 6.02. The van der Waals surface area contributed by atoms with Crippen molar-refractivity contribution in [3.8, 4) is 0 Å². The molecule has 0 radical (unpaired) electrons. The van der Waals surface area contributed by atoms with E-state index >= 15 is 0 Å². The van der Waals surface area contributed by atoms with Gasteiger partial charge in [-0.05, 0) is 18.9 Å². The van der Waals surface area contributed by atoms with E-state index in [0.29, 0.717) is 5.96 Å². The molecule has 0 aliphatic carbocycles. The Morgan fingerprint density at radius 2 is 1.89 bits per heavy atom. The van der Waals surface area contributed by atoms with Gasteiger partial charge in [0.05, 0.1) is 13.2 Å². The predicted molar refractivity (Wildman–Crippen MR) is 89.2 cm³/mol. The predicted octanol–water partition coefficient (Wildman–Crippen LogP) is 1.80. The average Bonchev–Trinajstić information content (AvgIpc) is 2.42. The maximum Gasteiger partial charge on any atom is 0.191 e. The molecule has 1 aliphatic rings. The Morgan fingerprint density at radius 1 is 1.26 bits per heavy atom. The van der Waals surface area contributed by atoms with Crippen LogP contribution in [0.25, 0.3) is 0 Å². The molecule has 1 aromatic carbocycles. The van der Waals surface area contributed by atoms with Crippen molar-refractivity contribution >= 4 is 29.9 Å². The second kappa shape index (κ2) is 8.37. The minimum absolute atomic E-state index is 0. The Kier molecular flexibility index (Phi) is 7.15. The summed E-state index contributed by atoms with van der Waals surface area (Å²) in [5.41, 5.74) is 8.55. The lowest BCUT2D eigenvalue weighted by Crippen LogP contribution is -2.44. The molecular formula is C14H22IN3O. The van der Waals surface area contributed by atoms with Crippen LogP contribution in [0, 0.1) is 6.92 Å². The first-order valence-corrected chi connectivity index (χ1v) is 6.44. The molecule has 1 heterocycles. The molecule has 0 atom stereocenters. The smallest absolute Gasteiger partial charge is 0.191 e. The van der Waals surface area contributed by atoms with E-state index in [1.807, 2.05) is 0 Å². The number of hydrogen-bond acceptors (Lipinski definition) is 2. The fourth-order valence-corrected chi connectivity index (χ4v) is 1.95. The largest absolute Gasteiger partial charge is 0.378 e. The van der Waals surface area contributed by atoms with Gasteiger partial charge in [-0.25, -0.2) is 0 Å². The highest BCUT2D eigenvalue weighted by atomic mass is 127. The Bertz CT molecular complexity index is 400. The molecule has 2 N–H and O–H groups in total. The van der Waals surface area contributed by atoms with Gasteiger partial charge >= 0.3 is 0 Å². The second-order valence-electron chi connectivity index (χ2n) is 4.57. The summed E-state index contributed by atoms with van der Waals surface area (Å²) in [6, 6.07) is 8.56. The zero-order valence-electron chi connectivity index (χ0n) is 11.3. The molecule has 1 aliphatic heterocycles. The van der Waals surface area contributed by atoms with Gasteiger partial charge in [0.15, 0.2) is 5.96 Å². The number of nitrogens with zero attached hydrogens (tertiary/aromatic N) is 2. The Morgan fingerprint density at radius 3 is 2.53 bits per heavy atom. The van der Waals surface area contributed by atoms with Gasteiger partial charge in [-0.1, -0.05) is 29.8 Å². The monoisotopic (exact) mass is 375 g/mol. The second-order valence-corrected chi connectivity index (χ2v) is 4.57. The molecule has 19 heavy (non-hydrogen) atoms. The van der Waals surface area contributed by atoms with Gasteiger partial charge in [0, 0.05) is 19.6 Å². The van der Waals surface area contributed by atoms with E-state index in [4.69, 9.17) is 10.5 Å². The molecule has 0 spiro atoms. The van der Waals surface area contributed by atoms with Crippen LogP contribution >= 0.6 is 24.0 Å². The van der Waals surface area contributed by atoms with E-state index in [-0.39, 0.29) is 24.0 Å². The first-order chi connectivity index (χ1) is 8.75. The molecule has 106 valence electrons. The third-order valence-corrected chi connectivity index (χ3v) is 3.13. The molecule has 1 fully saturated rings. The van der Waals surface area contributed by atoms with Crippen LogP contribution in [-0.4, -0.2) is 43.7 Å². The normalized spacial score (nSPS) is 16.1. The molecule has 2 rings (SSSR count). The van der Waals surface area contributed by atoms with Crippen molar-refractivity contribution in [3.63, 3.8) is 0 Å². The lowest BCUT2D eigenvalue weighted by Gasteiger charge is -2.27. The zero-order chi connectivity index (χ0) is 12.8. The molecule has 0 saturated carbocycles. The molecule has 1 saturated heterocycles. The number of morpholine rings is 1. The van der Waals surface area contributed by atoms with Gasteiger partial charge in [0.1, 0.15) is 0 Å². The fraction of sp³-hybridized carbons (Fsp3) is 0.500. The highest BCUT2D eigenvalue weighted by Crippen LogP contribution is 2.04. The minimum atomic E-state index is 0. The van der Waals surface area contributed by atoms with Crippen molar-refractivity contribution in [2.24, 2.45) is 10.7 Å². The Balaban J connectivity index is 0.00000180. The van der Waals surface area contributed by atoms with Gasteiger partial charge in [0.2, 0.25) is 0 Å². The standard InChI is InChI=1S/C14H21N3O.HI/c1-12-2-4-13(5-3-12)6-7-16-14(15)17-8-10-18-11-9-17;/h2-5H,6-11H2,1H3,(H2,15,16);1H. The van der Waals surface area contributed by atoms with Crippen LogP contribution in [0.2, 0.25) is 0 Å². The third kappa shape index (κ3) is 5.36. The lowest BCUT2D eigenvalue weighted by atomic mass is 10.1. The van der Waals surface area contributed by atoms with E-state index < -0.39 is 0 Å². The van der Waals surface area contributed by atoms with Gasteiger partial charge < -0.3 is 15.4 Å². The van der Waals surface area contributed by atoms with Gasteiger partial charge in [-0.15, -0.1) is 24.0 Å². The first-order valence-electron chi connectivity index (χ1n) is 6.44. The molecule has 4 nitrogen and oxygen atoms in total. The SMILES string of the molecule is Cc1ccc(CCN=C(N)N2CCOCC2)cc1.I. The summed E-state index contributed by atoms with van der Waals surface area (Å²) in [7, 11) is 0. The summed E-state index contributed by atoms with van der Waals surface area (Å²) in [4.78, 5) is 6.51. The molecule has 0 amide bonds. The molecule has 0 unspecified atom stereocenters. The lowest BCUT2D eigenvalue weighted by molar-refractivity contribution is 0.0674. The number of rotatable bonds is 3. The molecule has 1 aromatic rings. The maximum atomic E-state index is 5.96. The number of ether oxygens (including phenoxy) is 1. The van der Waals surface area contributed by atoms with Gasteiger partial charge in [-0.3, -0.25) is 4.99 Å². The summed E-state index contributed by atoms with van der Waals surface area (Å²) in [5.74, 6) is 0.644. The van der Waals surface area contributed by atoms with E-state index in [2.05, 4.69) is 41.1 Å². The molecule has 0 bridgehead atoms. The van der Waals surface area contributed by atoms with Crippen molar-refractivity contribution in [2.45, 2.75) is 13.3 Å². The number of aliphatic imine (C=N–C) groups is 1. The van der Waals surface area contributed by atoms with Crippen molar-refractivity contribution in [1.29, 1.82) is 0 Å². The summed E-state index contributed by atoms with van der Waals surface area (Å²) in [5, 5.41) is 0. The number of hydrogen-bond donors (Lipinski definition) is 1. The Labute approximate surface area is 132 Å². The van der Waals surface area contributed by atoms with Crippen LogP contribution in [0.3, 0.4) is 0 Å². The summed E-state index contributed by atoms with van der Waals surface area (Å²) >= 11 is 0. The van der Waals surface area contributed by atoms with Crippen LogP contribution in [0.4, 0.5) is 0 Å². The van der Waals surface area contributed by atoms with Crippen molar-refractivity contribution < 1.29 is 4.74 Å². The van der Waals surface area contributed by atoms with E-state index in [9.17, 15) is 0 Å².